The van der Waals surface area contributed by atoms with Crippen LogP contribution in [-0.4, -0.2) is 58.8 Å². The summed E-state index contributed by atoms with van der Waals surface area (Å²) in [4.78, 5) is 42.7. The molecule has 2 aromatic rings. The minimum absolute atomic E-state index is 0.00925. The van der Waals surface area contributed by atoms with Gasteiger partial charge in [0.25, 0.3) is 17.7 Å². The number of piperazine rings is 1. The first-order valence-electron chi connectivity index (χ1n) is 9.49. The average molecular weight is 424 g/mol. The molecule has 0 aliphatic carbocycles. The maximum atomic E-state index is 13.0. The van der Waals surface area contributed by atoms with Gasteiger partial charge in [0.2, 0.25) is 0 Å². The number of anilines is 1. The van der Waals surface area contributed by atoms with Crippen LogP contribution in [0.2, 0.25) is 0 Å². The van der Waals surface area contributed by atoms with Crippen LogP contribution in [-0.2, 0) is 9.59 Å². The zero-order valence-corrected chi connectivity index (χ0v) is 17.1. The van der Waals surface area contributed by atoms with E-state index in [2.05, 4.69) is 5.32 Å². The number of carbonyl (C=O) groups is 3. The predicted molar refractivity (Wildman–Crippen MR) is 114 cm³/mol. The molecule has 1 aromatic carbocycles. The van der Waals surface area contributed by atoms with Crippen molar-refractivity contribution < 1.29 is 18.8 Å². The van der Waals surface area contributed by atoms with Gasteiger partial charge in [-0.05, 0) is 43.4 Å². The molecule has 1 aromatic heterocycles. The molecule has 0 saturated carbocycles. The number of thiocarbonyl (C=S) groups is 1. The fourth-order valence-electron chi connectivity index (χ4n) is 3.37. The molecule has 0 unspecified atom stereocenters. The van der Waals surface area contributed by atoms with Gasteiger partial charge in [-0.2, -0.15) is 0 Å². The number of hydrogen-bond donors (Lipinski definition) is 1. The molecular formula is C21H20N4O4S. The SMILES string of the molecule is Cc1ccc(N2C(=O)C(=CN3CCN(C(=O)c4ccco4)CC3)C(=O)NC2=S)cc1. The number of rotatable bonds is 3. The molecule has 2 aliphatic rings. The Labute approximate surface area is 178 Å². The lowest BCUT2D eigenvalue weighted by Crippen LogP contribution is -2.55. The lowest BCUT2D eigenvalue weighted by Gasteiger charge is -2.35. The fraction of sp³-hybridized carbons (Fsp3) is 0.238. The van der Waals surface area contributed by atoms with Crippen molar-refractivity contribution in [3.63, 3.8) is 0 Å². The van der Waals surface area contributed by atoms with Crippen LogP contribution in [0.15, 0.2) is 58.9 Å². The van der Waals surface area contributed by atoms with Crippen LogP contribution in [0.1, 0.15) is 16.1 Å². The van der Waals surface area contributed by atoms with Crippen LogP contribution in [0, 0.1) is 6.92 Å². The Kier molecular flexibility index (Phi) is 5.37. The van der Waals surface area contributed by atoms with Gasteiger partial charge in [0.05, 0.1) is 12.0 Å². The molecule has 3 amide bonds. The van der Waals surface area contributed by atoms with Crippen molar-refractivity contribution in [3.05, 3.63) is 65.8 Å². The fourth-order valence-corrected chi connectivity index (χ4v) is 3.65. The molecule has 154 valence electrons. The van der Waals surface area contributed by atoms with Crippen LogP contribution < -0.4 is 10.2 Å². The first-order chi connectivity index (χ1) is 14.4. The Bertz CT molecular complexity index is 1020. The minimum Gasteiger partial charge on any atom is -0.459 e. The van der Waals surface area contributed by atoms with Gasteiger partial charge in [0.1, 0.15) is 5.57 Å². The van der Waals surface area contributed by atoms with E-state index < -0.39 is 11.8 Å². The van der Waals surface area contributed by atoms with Gasteiger partial charge < -0.3 is 14.2 Å². The molecule has 2 aliphatic heterocycles. The van der Waals surface area contributed by atoms with Gasteiger partial charge in [0, 0.05) is 32.4 Å². The Morgan fingerprint density at radius 2 is 1.80 bits per heavy atom. The van der Waals surface area contributed by atoms with Gasteiger partial charge in [-0.1, -0.05) is 17.7 Å². The Hall–Kier alpha value is -3.46. The standard InChI is InChI=1S/C21H20N4O4S/c1-14-4-6-15(7-5-14)25-19(27)16(18(26)22-21(25)30)13-23-8-10-24(11-9-23)20(28)17-3-2-12-29-17/h2-7,12-13H,8-11H2,1H3,(H,22,26,30). The van der Waals surface area contributed by atoms with Gasteiger partial charge in [0.15, 0.2) is 10.9 Å². The van der Waals surface area contributed by atoms with Gasteiger partial charge in [-0.3, -0.25) is 24.6 Å². The first-order valence-corrected chi connectivity index (χ1v) is 9.90. The van der Waals surface area contributed by atoms with E-state index in [0.29, 0.717) is 37.6 Å². The number of benzene rings is 1. The minimum atomic E-state index is -0.526. The highest BCUT2D eigenvalue weighted by Crippen LogP contribution is 2.22. The van der Waals surface area contributed by atoms with Crippen LogP contribution in [0.25, 0.3) is 0 Å². The normalized spacial score (nSPS) is 18.8. The summed E-state index contributed by atoms with van der Waals surface area (Å²) in [6.45, 7) is 3.85. The largest absolute Gasteiger partial charge is 0.459 e. The van der Waals surface area contributed by atoms with Gasteiger partial charge in [-0.25, -0.2) is 0 Å². The van der Waals surface area contributed by atoms with E-state index >= 15 is 0 Å². The van der Waals surface area contributed by atoms with E-state index in [4.69, 9.17) is 16.6 Å². The van der Waals surface area contributed by atoms with Crippen LogP contribution in [0.3, 0.4) is 0 Å². The van der Waals surface area contributed by atoms with Crippen LogP contribution >= 0.6 is 12.2 Å². The molecule has 0 spiro atoms. The maximum Gasteiger partial charge on any atom is 0.289 e. The van der Waals surface area contributed by atoms with E-state index in [-0.39, 0.29) is 16.6 Å². The number of nitrogens with zero attached hydrogens (tertiary/aromatic N) is 3. The van der Waals surface area contributed by atoms with Crippen molar-refractivity contribution >= 4 is 40.7 Å². The summed E-state index contributed by atoms with van der Waals surface area (Å²) in [5, 5.41) is 2.64. The number of amides is 3. The number of nitrogens with one attached hydrogen (secondary N) is 1. The molecule has 9 heteroatoms. The molecule has 0 atom stereocenters. The Morgan fingerprint density at radius 1 is 1.10 bits per heavy atom. The first kappa shape index (κ1) is 19.8. The second-order valence-electron chi connectivity index (χ2n) is 7.08. The summed E-state index contributed by atoms with van der Waals surface area (Å²) in [6.07, 6.45) is 3.01. The van der Waals surface area contributed by atoms with E-state index in [1.54, 1.807) is 35.4 Å². The second kappa shape index (κ2) is 8.11. The number of hydrogen-bond acceptors (Lipinski definition) is 6. The van der Waals surface area contributed by atoms with E-state index in [1.165, 1.54) is 11.2 Å². The van der Waals surface area contributed by atoms with Crippen LogP contribution in [0.4, 0.5) is 5.69 Å². The molecule has 1 N–H and O–H groups in total. The van der Waals surface area contributed by atoms with Crippen molar-refractivity contribution in [3.8, 4) is 0 Å². The lowest BCUT2D eigenvalue weighted by molar-refractivity contribution is -0.122. The Morgan fingerprint density at radius 3 is 2.43 bits per heavy atom. The summed E-state index contributed by atoms with van der Waals surface area (Å²) < 4.78 is 5.16. The molecule has 0 bridgehead atoms. The van der Waals surface area contributed by atoms with Crippen molar-refractivity contribution in [2.24, 2.45) is 0 Å². The van der Waals surface area contributed by atoms with Crippen molar-refractivity contribution in [1.82, 2.24) is 15.1 Å². The summed E-state index contributed by atoms with van der Waals surface area (Å²) in [5.41, 5.74) is 1.65. The molecular weight excluding hydrogens is 404 g/mol. The molecule has 0 radical (unpaired) electrons. The van der Waals surface area contributed by atoms with E-state index in [1.807, 2.05) is 24.0 Å². The smallest absolute Gasteiger partial charge is 0.289 e. The molecule has 2 saturated heterocycles. The zero-order valence-electron chi connectivity index (χ0n) is 16.3. The molecule has 4 rings (SSSR count). The topological polar surface area (TPSA) is 86.1 Å². The quantitative estimate of drug-likeness (QED) is 0.458. The van der Waals surface area contributed by atoms with Crippen molar-refractivity contribution in [2.45, 2.75) is 6.92 Å². The summed E-state index contributed by atoms with van der Waals surface area (Å²) >= 11 is 5.22. The van der Waals surface area contributed by atoms with Crippen LogP contribution in [0.5, 0.6) is 0 Å². The number of carbonyl (C=O) groups excluding carboxylic acids is 3. The van der Waals surface area contributed by atoms with Crippen molar-refractivity contribution in [2.75, 3.05) is 31.1 Å². The molecule has 30 heavy (non-hydrogen) atoms. The molecule has 2 fully saturated rings. The van der Waals surface area contributed by atoms with E-state index in [9.17, 15) is 14.4 Å². The second-order valence-corrected chi connectivity index (χ2v) is 7.47. The monoisotopic (exact) mass is 424 g/mol. The highest BCUT2D eigenvalue weighted by Gasteiger charge is 2.35. The van der Waals surface area contributed by atoms with Gasteiger partial charge >= 0.3 is 0 Å². The third kappa shape index (κ3) is 3.84. The molecule has 3 heterocycles. The number of furan rings is 1. The summed E-state index contributed by atoms with van der Waals surface area (Å²) in [5.74, 6) is -0.871. The third-order valence-corrected chi connectivity index (χ3v) is 5.32. The zero-order chi connectivity index (χ0) is 21.3. The summed E-state index contributed by atoms with van der Waals surface area (Å²) in [6, 6.07) is 10.6. The Balaban J connectivity index is 1.48. The highest BCUT2D eigenvalue weighted by molar-refractivity contribution is 7.80. The number of aryl methyl sites for hydroxylation is 1. The highest BCUT2D eigenvalue weighted by atomic mass is 32.1. The third-order valence-electron chi connectivity index (χ3n) is 5.04. The van der Waals surface area contributed by atoms with Crippen molar-refractivity contribution in [1.29, 1.82) is 0 Å². The molecule has 8 nitrogen and oxygen atoms in total. The lowest BCUT2D eigenvalue weighted by atomic mass is 10.1. The average Bonchev–Trinajstić information content (AvgIpc) is 3.27. The predicted octanol–water partition coefficient (Wildman–Crippen LogP) is 1.68. The van der Waals surface area contributed by atoms with Gasteiger partial charge in [-0.15, -0.1) is 0 Å². The maximum absolute atomic E-state index is 13.0. The van der Waals surface area contributed by atoms with E-state index in [0.717, 1.165) is 5.56 Å². The summed E-state index contributed by atoms with van der Waals surface area (Å²) in [7, 11) is 0.